The average Bonchev–Trinajstić information content (AvgIpc) is 2.86. The summed E-state index contributed by atoms with van der Waals surface area (Å²) in [5, 5.41) is 3.24. The number of sulfonamides is 1. The van der Waals surface area contributed by atoms with E-state index in [2.05, 4.69) is 10.0 Å². The summed E-state index contributed by atoms with van der Waals surface area (Å²) in [6, 6.07) is 12.5. The molecule has 0 saturated heterocycles. The zero-order valence-corrected chi connectivity index (χ0v) is 12.0. The van der Waals surface area contributed by atoms with E-state index >= 15 is 0 Å². The maximum atomic E-state index is 12.3. The lowest BCUT2D eigenvalue weighted by molar-refractivity contribution is 0.601. The average molecular weight is 288 g/mol. The number of aryl methyl sites for hydroxylation is 1. The predicted octanol–water partition coefficient (Wildman–Crippen LogP) is 2.40. The molecular weight excluding hydrogens is 272 g/mol. The first kappa shape index (κ1) is 13.1. The lowest BCUT2D eigenvalue weighted by atomic mass is 10.1. The normalized spacial score (nSPS) is 14.1. The van der Waals surface area contributed by atoms with Crippen molar-refractivity contribution in [1.29, 1.82) is 0 Å². The Balaban J connectivity index is 1.88. The first-order valence-corrected chi connectivity index (χ1v) is 7.95. The number of rotatable bonds is 3. The summed E-state index contributed by atoms with van der Waals surface area (Å²) in [6.07, 6.45) is 0. The van der Waals surface area contributed by atoms with Crippen molar-refractivity contribution in [3.8, 4) is 0 Å². The van der Waals surface area contributed by atoms with E-state index in [1.165, 1.54) is 5.56 Å². The monoisotopic (exact) mass is 288 g/mol. The number of hydrogen-bond acceptors (Lipinski definition) is 3. The third kappa shape index (κ3) is 2.55. The van der Waals surface area contributed by atoms with Gasteiger partial charge in [0.05, 0.1) is 4.90 Å². The van der Waals surface area contributed by atoms with Gasteiger partial charge in [-0.1, -0.05) is 23.8 Å². The molecule has 1 aliphatic heterocycles. The summed E-state index contributed by atoms with van der Waals surface area (Å²) in [7, 11) is -3.52. The second-order valence-electron chi connectivity index (χ2n) is 5.01. The predicted molar refractivity (Wildman–Crippen MR) is 79.0 cm³/mol. The third-order valence-corrected chi connectivity index (χ3v) is 4.82. The number of benzene rings is 2. The smallest absolute Gasteiger partial charge is 0.261 e. The minimum Gasteiger partial charge on any atom is -0.309 e. The van der Waals surface area contributed by atoms with E-state index in [9.17, 15) is 8.42 Å². The van der Waals surface area contributed by atoms with Crippen LogP contribution >= 0.6 is 0 Å². The van der Waals surface area contributed by atoms with Crippen molar-refractivity contribution in [2.45, 2.75) is 24.9 Å². The zero-order chi connectivity index (χ0) is 14.2. The van der Waals surface area contributed by atoms with Gasteiger partial charge in [0, 0.05) is 18.8 Å². The van der Waals surface area contributed by atoms with E-state index in [4.69, 9.17) is 0 Å². The second-order valence-corrected chi connectivity index (χ2v) is 6.69. The molecule has 3 rings (SSSR count). The fourth-order valence-corrected chi connectivity index (χ4v) is 3.34. The van der Waals surface area contributed by atoms with Gasteiger partial charge < -0.3 is 5.32 Å². The van der Waals surface area contributed by atoms with Crippen LogP contribution in [-0.4, -0.2) is 8.42 Å². The molecule has 0 aromatic heterocycles. The third-order valence-electron chi connectivity index (χ3n) is 3.42. The van der Waals surface area contributed by atoms with E-state index in [1.54, 1.807) is 30.3 Å². The summed E-state index contributed by atoms with van der Waals surface area (Å²) >= 11 is 0. The molecule has 1 aliphatic rings. The first-order chi connectivity index (χ1) is 9.54. The van der Waals surface area contributed by atoms with E-state index in [-0.39, 0.29) is 4.90 Å². The maximum Gasteiger partial charge on any atom is 0.261 e. The molecule has 0 amide bonds. The van der Waals surface area contributed by atoms with E-state index in [0.29, 0.717) is 5.69 Å². The quantitative estimate of drug-likeness (QED) is 0.912. The van der Waals surface area contributed by atoms with Crippen molar-refractivity contribution in [1.82, 2.24) is 5.32 Å². The molecule has 0 saturated carbocycles. The molecular formula is C15H16N2O2S. The van der Waals surface area contributed by atoms with Gasteiger partial charge in [0.25, 0.3) is 10.0 Å². The summed E-state index contributed by atoms with van der Waals surface area (Å²) in [5.74, 6) is 0. The summed E-state index contributed by atoms with van der Waals surface area (Å²) in [6.45, 7) is 3.56. The minimum atomic E-state index is -3.52. The van der Waals surface area contributed by atoms with Gasteiger partial charge >= 0.3 is 0 Å². The van der Waals surface area contributed by atoms with Gasteiger partial charge in [-0.3, -0.25) is 4.72 Å². The van der Waals surface area contributed by atoms with Crippen molar-refractivity contribution in [2.24, 2.45) is 0 Å². The number of nitrogens with one attached hydrogen (secondary N) is 2. The fourth-order valence-electron chi connectivity index (χ4n) is 2.29. The van der Waals surface area contributed by atoms with Gasteiger partial charge in [0.1, 0.15) is 0 Å². The van der Waals surface area contributed by atoms with Crippen molar-refractivity contribution in [2.75, 3.05) is 4.72 Å². The van der Waals surface area contributed by atoms with Crippen LogP contribution in [0.15, 0.2) is 47.4 Å². The van der Waals surface area contributed by atoms with Gasteiger partial charge in [-0.2, -0.15) is 0 Å². The van der Waals surface area contributed by atoms with Crippen LogP contribution in [0.1, 0.15) is 16.7 Å². The first-order valence-electron chi connectivity index (χ1n) is 6.47. The van der Waals surface area contributed by atoms with Crippen LogP contribution in [0, 0.1) is 6.92 Å². The molecule has 2 aromatic carbocycles. The lowest BCUT2D eigenvalue weighted by Gasteiger charge is -2.09. The second kappa shape index (κ2) is 4.92. The number of fused-ring (bicyclic) bond motifs is 1. The standard InChI is InChI=1S/C15H16N2O2S/c1-11-2-6-15(7-3-11)20(18,19)17-14-5-4-12-9-16-10-13(12)8-14/h2-8,16-17H,9-10H2,1H3. The van der Waals surface area contributed by atoms with E-state index < -0.39 is 10.0 Å². The van der Waals surface area contributed by atoms with Crippen LogP contribution in [0.2, 0.25) is 0 Å². The Morgan fingerprint density at radius 2 is 1.70 bits per heavy atom. The summed E-state index contributed by atoms with van der Waals surface area (Å²) in [4.78, 5) is 0.279. The Hall–Kier alpha value is -1.85. The summed E-state index contributed by atoms with van der Waals surface area (Å²) in [5.41, 5.74) is 4.01. The van der Waals surface area contributed by atoms with Gasteiger partial charge in [-0.05, 0) is 42.3 Å². The van der Waals surface area contributed by atoms with Crippen LogP contribution in [0.5, 0.6) is 0 Å². The molecule has 0 unspecified atom stereocenters. The largest absolute Gasteiger partial charge is 0.309 e. The van der Waals surface area contributed by atoms with Gasteiger partial charge in [0.15, 0.2) is 0 Å². The van der Waals surface area contributed by atoms with Gasteiger partial charge in [0.2, 0.25) is 0 Å². The van der Waals surface area contributed by atoms with Crippen LogP contribution in [-0.2, 0) is 23.1 Å². The Morgan fingerprint density at radius 3 is 2.45 bits per heavy atom. The molecule has 0 radical (unpaired) electrons. The Labute approximate surface area is 118 Å². The Bertz CT molecular complexity index is 737. The van der Waals surface area contributed by atoms with Crippen molar-refractivity contribution in [3.63, 3.8) is 0 Å². The molecule has 0 bridgehead atoms. The molecule has 1 heterocycles. The van der Waals surface area contributed by atoms with Crippen LogP contribution in [0.4, 0.5) is 5.69 Å². The van der Waals surface area contributed by atoms with Crippen LogP contribution in [0.25, 0.3) is 0 Å². The fraction of sp³-hybridized carbons (Fsp3) is 0.200. The molecule has 0 spiro atoms. The van der Waals surface area contributed by atoms with Crippen LogP contribution in [0.3, 0.4) is 0 Å². The molecule has 0 aliphatic carbocycles. The SMILES string of the molecule is Cc1ccc(S(=O)(=O)Nc2ccc3c(c2)CNC3)cc1. The summed E-state index contributed by atoms with van der Waals surface area (Å²) < 4.78 is 27.2. The molecule has 20 heavy (non-hydrogen) atoms. The Kier molecular flexibility index (Phi) is 3.23. The molecule has 2 N–H and O–H groups in total. The highest BCUT2D eigenvalue weighted by molar-refractivity contribution is 7.92. The zero-order valence-electron chi connectivity index (χ0n) is 11.2. The molecule has 2 aromatic rings. The Morgan fingerprint density at radius 1 is 1.00 bits per heavy atom. The lowest BCUT2D eigenvalue weighted by Crippen LogP contribution is -2.13. The minimum absolute atomic E-state index is 0.279. The molecule has 0 atom stereocenters. The van der Waals surface area contributed by atoms with Crippen molar-refractivity contribution >= 4 is 15.7 Å². The van der Waals surface area contributed by atoms with Gasteiger partial charge in [-0.25, -0.2) is 8.42 Å². The number of anilines is 1. The topological polar surface area (TPSA) is 58.2 Å². The highest BCUT2D eigenvalue weighted by atomic mass is 32.2. The molecule has 4 nitrogen and oxygen atoms in total. The van der Waals surface area contributed by atoms with Gasteiger partial charge in [-0.15, -0.1) is 0 Å². The van der Waals surface area contributed by atoms with E-state index in [0.717, 1.165) is 24.2 Å². The highest BCUT2D eigenvalue weighted by Crippen LogP contribution is 2.22. The van der Waals surface area contributed by atoms with Crippen molar-refractivity contribution < 1.29 is 8.42 Å². The van der Waals surface area contributed by atoms with Crippen LogP contribution < -0.4 is 10.0 Å². The number of hydrogen-bond donors (Lipinski definition) is 2. The molecule has 5 heteroatoms. The van der Waals surface area contributed by atoms with Crippen molar-refractivity contribution in [3.05, 3.63) is 59.2 Å². The molecule has 104 valence electrons. The van der Waals surface area contributed by atoms with E-state index in [1.807, 2.05) is 19.1 Å². The highest BCUT2D eigenvalue weighted by Gasteiger charge is 2.16. The maximum absolute atomic E-state index is 12.3. The molecule has 0 fully saturated rings.